The number of hydrogen-bond acceptors (Lipinski definition) is 5. The van der Waals surface area contributed by atoms with Crippen LogP contribution in [0, 0.1) is 0 Å². The molecule has 0 saturated carbocycles. The summed E-state index contributed by atoms with van der Waals surface area (Å²) in [6, 6.07) is 16.4. The van der Waals surface area contributed by atoms with Crippen molar-refractivity contribution in [1.29, 1.82) is 0 Å². The molecule has 30 heavy (non-hydrogen) atoms. The molecular weight excluding hydrogens is 382 g/mol. The maximum Gasteiger partial charge on any atom is 0.329 e. The number of benzene rings is 2. The van der Waals surface area contributed by atoms with Gasteiger partial charge >= 0.3 is 5.97 Å². The monoisotopic (exact) mass is 403 g/mol. The van der Waals surface area contributed by atoms with Crippen LogP contribution in [0.25, 0.3) is 22.4 Å². The van der Waals surface area contributed by atoms with Crippen molar-refractivity contribution in [3.05, 3.63) is 78.3 Å². The molecule has 0 radical (unpaired) electrons. The van der Waals surface area contributed by atoms with E-state index in [0.717, 1.165) is 22.0 Å². The Kier molecular flexibility index (Phi) is 5.61. The summed E-state index contributed by atoms with van der Waals surface area (Å²) in [5.41, 5.74) is 3.23. The summed E-state index contributed by atoms with van der Waals surface area (Å²) < 4.78 is 10.9. The zero-order chi connectivity index (χ0) is 20.9. The molecule has 0 aliphatic carbocycles. The molecule has 1 amide bonds. The molecule has 2 N–H and O–H groups in total. The summed E-state index contributed by atoms with van der Waals surface area (Å²) in [4.78, 5) is 31.8. The van der Waals surface area contributed by atoms with Gasteiger partial charge in [-0.05, 0) is 23.8 Å². The predicted molar refractivity (Wildman–Crippen MR) is 111 cm³/mol. The van der Waals surface area contributed by atoms with E-state index in [1.807, 2.05) is 60.8 Å². The van der Waals surface area contributed by atoms with Crippen molar-refractivity contribution in [1.82, 2.24) is 15.3 Å². The first kappa shape index (κ1) is 19.4. The van der Waals surface area contributed by atoms with E-state index < -0.39 is 12.0 Å². The van der Waals surface area contributed by atoms with E-state index in [9.17, 15) is 9.59 Å². The molecule has 0 bridgehead atoms. The molecule has 0 saturated heterocycles. The van der Waals surface area contributed by atoms with Gasteiger partial charge in [0.05, 0.1) is 0 Å². The number of aromatic nitrogens is 2. The number of para-hydroxylation sites is 1. The van der Waals surface area contributed by atoms with Gasteiger partial charge in [0, 0.05) is 36.0 Å². The molecule has 4 aromatic rings. The Bertz CT molecular complexity index is 1160. The van der Waals surface area contributed by atoms with Crippen LogP contribution in [0.2, 0.25) is 0 Å². The van der Waals surface area contributed by atoms with Gasteiger partial charge in [-0.3, -0.25) is 4.79 Å². The Hall–Kier alpha value is -3.87. The normalized spacial score (nSPS) is 11.9. The highest BCUT2D eigenvalue weighted by atomic mass is 16.5. The number of hydrogen-bond donors (Lipinski definition) is 2. The van der Waals surface area contributed by atoms with Crippen LogP contribution in [0.3, 0.4) is 0 Å². The lowest BCUT2D eigenvalue weighted by Crippen LogP contribution is -2.42. The first-order valence-electron chi connectivity index (χ1n) is 9.58. The van der Waals surface area contributed by atoms with Gasteiger partial charge in [-0.25, -0.2) is 9.78 Å². The molecule has 2 aromatic carbocycles. The largest absolute Gasteiger partial charge is 0.458 e. The molecule has 0 aliphatic heterocycles. The molecule has 0 fully saturated rings. The van der Waals surface area contributed by atoms with Gasteiger partial charge in [0.15, 0.2) is 0 Å². The lowest BCUT2D eigenvalue weighted by molar-refractivity contribution is -0.149. The minimum atomic E-state index is -0.804. The van der Waals surface area contributed by atoms with Crippen LogP contribution in [0.15, 0.2) is 71.5 Å². The van der Waals surface area contributed by atoms with Gasteiger partial charge < -0.3 is 19.5 Å². The van der Waals surface area contributed by atoms with Crippen LogP contribution in [-0.4, -0.2) is 27.9 Å². The number of carbonyl (C=O) groups excluding carboxylic acids is 2. The molecule has 7 nitrogen and oxygen atoms in total. The van der Waals surface area contributed by atoms with Gasteiger partial charge in [-0.2, -0.15) is 0 Å². The molecule has 1 atom stereocenters. The number of esters is 1. The van der Waals surface area contributed by atoms with Crippen molar-refractivity contribution in [2.75, 3.05) is 0 Å². The first-order chi connectivity index (χ1) is 14.6. The minimum absolute atomic E-state index is 0.0425. The van der Waals surface area contributed by atoms with E-state index >= 15 is 0 Å². The highest BCUT2D eigenvalue weighted by Crippen LogP contribution is 2.20. The number of fused-ring (bicyclic) bond motifs is 1. The third-order valence-electron chi connectivity index (χ3n) is 4.70. The topological polar surface area (TPSA) is 97.2 Å². The highest BCUT2D eigenvalue weighted by Gasteiger charge is 2.23. The van der Waals surface area contributed by atoms with Crippen molar-refractivity contribution >= 4 is 22.8 Å². The average molecular weight is 403 g/mol. The van der Waals surface area contributed by atoms with Crippen molar-refractivity contribution in [3.63, 3.8) is 0 Å². The second-order valence-electron chi connectivity index (χ2n) is 6.93. The number of carbonyl (C=O) groups is 2. The summed E-state index contributed by atoms with van der Waals surface area (Å²) in [6.07, 6.45) is 3.62. The smallest absolute Gasteiger partial charge is 0.329 e. The first-order valence-corrected chi connectivity index (χ1v) is 9.58. The second-order valence-corrected chi connectivity index (χ2v) is 6.93. The van der Waals surface area contributed by atoms with Gasteiger partial charge in [0.2, 0.25) is 11.8 Å². The Balaban J connectivity index is 1.44. The molecule has 152 valence electrons. The summed E-state index contributed by atoms with van der Waals surface area (Å²) in [5, 5.41) is 3.68. The average Bonchev–Trinajstić information content (AvgIpc) is 3.39. The lowest BCUT2D eigenvalue weighted by atomic mass is 10.0. The van der Waals surface area contributed by atoms with E-state index in [0.29, 0.717) is 18.0 Å². The summed E-state index contributed by atoms with van der Waals surface area (Å²) in [5.74, 6) is -0.372. The van der Waals surface area contributed by atoms with Crippen molar-refractivity contribution in [2.45, 2.75) is 26.0 Å². The van der Waals surface area contributed by atoms with Crippen molar-refractivity contribution < 1.29 is 18.7 Å². The van der Waals surface area contributed by atoms with Gasteiger partial charge in [0.1, 0.15) is 24.6 Å². The van der Waals surface area contributed by atoms with E-state index in [1.54, 1.807) is 0 Å². The molecule has 7 heteroatoms. The summed E-state index contributed by atoms with van der Waals surface area (Å²) in [6.45, 7) is 1.33. The third-order valence-corrected chi connectivity index (χ3v) is 4.70. The summed E-state index contributed by atoms with van der Waals surface area (Å²) in [7, 11) is 0. The van der Waals surface area contributed by atoms with Gasteiger partial charge in [-0.15, -0.1) is 0 Å². The highest BCUT2D eigenvalue weighted by molar-refractivity contribution is 5.86. The Morgan fingerprint density at radius 3 is 2.70 bits per heavy atom. The minimum Gasteiger partial charge on any atom is -0.458 e. The SMILES string of the molecule is CC(=O)N[C@@H](Cc1c[nH]c2ccccc12)C(=O)OCc1coc(-c2ccccc2)n1. The van der Waals surface area contributed by atoms with Crippen LogP contribution in [0.5, 0.6) is 0 Å². The molecule has 2 heterocycles. The fourth-order valence-electron chi connectivity index (χ4n) is 3.29. The number of ether oxygens (including phenoxy) is 1. The zero-order valence-corrected chi connectivity index (χ0v) is 16.4. The summed E-state index contributed by atoms with van der Waals surface area (Å²) >= 11 is 0. The number of H-pyrrole nitrogens is 1. The fraction of sp³-hybridized carbons (Fsp3) is 0.174. The maximum absolute atomic E-state index is 12.7. The Morgan fingerprint density at radius 2 is 1.90 bits per heavy atom. The van der Waals surface area contributed by atoms with Gasteiger partial charge in [0.25, 0.3) is 0 Å². The van der Waals surface area contributed by atoms with Crippen LogP contribution in [0.1, 0.15) is 18.2 Å². The molecular formula is C23H21N3O4. The van der Waals surface area contributed by atoms with E-state index in [1.165, 1.54) is 13.2 Å². The Morgan fingerprint density at radius 1 is 1.13 bits per heavy atom. The van der Waals surface area contributed by atoms with Gasteiger partial charge in [-0.1, -0.05) is 36.4 Å². The van der Waals surface area contributed by atoms with Crippen LogP contribution in [0.4, 0.5) is 0 Å². The van der Waals surface area contributed by atoms with E-state index in [-0.39, 0.29) is 12.5 Å². The standard InChI is InChI=1S/C23H21N3O4/c1-15(27)25-21(11-17-12-24-20-10-6-5-9-19(17)20)23(28)30-14-18-13-29-22(26-18)16-7-3-2-4-8-16/h2-10,12-13,21,24H,11,14H2,1H3,(H,25,27)/t21-/m0/s1. The third kappa shape index (κ3) is 4.41. The van der Waals surface area contributed by atoms with Crippen molar-refractivity contribution in [2.24, 2.45) is 0 Å². The number of nitrogens with zero attached hydrogens (tertiary/aromatic N) is 1. The number of aromatic amines is 1. The number of rotatable bonds is 7. The second kappa shape index (κ2) is 8.65. The Labute approximate surface area is 173 Å². The van der Waals surface area contributed by atoms with Crippen LogP contribution < -0.4 is 5.32 Å². The molecule has 0 unspecified atom stereocenters. The van der Waals surface area contributed by atoms with Crippen molar-refractivity contribution in [3.8, 4) is 11.5 Å². The van der Waals surface area contributed by atoms with Crippen LogP contribution in [-0.2, 0) is 27.4 Å². The molecule has 2 aromatic heterocycles. The number of amides is 1. The molecule has 4 rings (SSSR count). The lowest BCUT2D eigenvalue weighted by Gasteiger charge is -2.16. The number of nitrogens with one attached hydrogen (secondary N) is 2. The van der Waals surface area contributed by atoms with E-state index in [4.69, 9.17) is 9.15 Å². The zero-order valence-electron chi connectivity index (χ0n) is 16.4. The maximum atomic E-state index is 12.7. The fourth-order valence-corrected chi connectivity index (χ4v) is 3.29. The quantitative estimate of drug-likeness (QED) is 0.460. The number of oxazole rings is 1. The molecule has 0 spiro atoms. The predicted octanol–water partition coefficient (Wildman–Crippen LogP) is 3.61. The molecule has 0 aliphatic rings. The van der Waals surface area contributed by atoms with E-state index in [2.05, 4.69) is 15.3 Å². The van der Waals surface area contributed by atoms with Crippen LogP contribution >= 0.6 is 0 Å².